The van der Waals surface area contributed by atoms with Crippen molar-refractivity contribution < 1.29 is 19.1 Å². The highest BCUT2D eigenvalue weighted by Gasteiger charge is 2.32. The Kier molecular flexibility index (Phi) is 2.47. The number of esters is 2. The molecular weight excluding hydrogens is 160 g/mol. The van der Waals surface area contributed by atoms with Crippen molar-refractivity contribution in [1.29, 1.82) is 0 Å². The number of hydrogen-bond donors (Lipinski definition) is 0. The second kappa shape index (κ2) is 3.38. The lowest BCUT2D eigenvalue weighted by atomic mass is 10.1. The summed E-state index contributed by atoms with van der Waals surface area (Å²) in [5, 5.41) is 0. The van der Waals surface area contributed by atoms with Gasteiger partial charge >= 0.3 is 11.9 Å². The van der Waals surface area contributed by atoms with Crippen LogP contribution < -0.4 is 0 Å². The Morgan fingerprint density at radius 2 is 2.50 bits per heavy atom. The maximum Gasteiger partial charge on any atom is 0.333 e. The molecule has 4 heteroatoms. The molecule has 12 heavy (non-hydrogen) atoms. The first-order valence-electron chi connectivity index (χ1n) is 3.67. The zero-order valence-electron chi connectivity index (χ0n) is 6.78. The van der Waals surface area contributed by atoms with Gasteiger partial charge < -0.3 is 9.47 Å². The lowest BCUT2D eigenvalue weighted by molar-refractivity contribution is -0.172. The SMILES string of the molecule is C=CC(=O)OC1CC(C)C(=O)O1. The third-order valence-corrected chi connectivity index (χ3v) is 1.61. The summed E-state index contributed by atoms with van der Waals surface area (Å²) < 4.78 is 9.42. The third kappa shape index (κ3) is 1.84. The van der Waals surface area contributed by atoms with Gasteiger partial charge in [0.25, 0.3) is 0 Å². The van der Waals surface area contributed by atoms with E-state index in [1.165, 1.54) is 0 Å². The Balaban J connectivity index is 2.42. The molecule has 1 rings (SSSR count). The van der Waals surface area contributed by atoms with E-state index >= 15 is 0 Å². The summed E-state index contributed by atoms with van der Waals surface area (Å²) in [6, 6.07) is 0. The van der Waals surface area contributed by atoms with Crippen LogP contribution in [0.5, 0.6) is 0 Å². The lowest BCUT2D eigenvalue weighted by Gasteiger charge is -2.07. The van der Waals surface area contributed by atoms with E-state index in [0.717, 1.165) is 6.08 Å². The predicted octanol–water partition coefficient (Wildman–Crippen LogP) is 0.625. The summed E-state index contributed by atoms with van der Waals surface area (Å²) >= 11 is 0. The van der Waals surface area contributed by atoms with Crippen LogP contribution in [0.2, 0.25) is 0 Å². The monoisotopic (exact) mass is 170 g/mol. The normalized spacial score (nSPS) is 27.9. The van der Waals surface area contributed by atoms with Crippen LogP contribution in [0, 0.1) is 5.92 Å². The molecule has 0 N–H and O–H groups in total. The highest BCUT2D eigenvalue weighted by molar-refractivity contribution is 5.82. The van der Waals surface area contributed by atoms with E-state index in [2.05, 4.69) is 6.58 Å². The molecule has 1 aliphatic rings. The van der Waals surface area contributed by atoms with Gasteiger partial charge in [0.05, 0.1) is 5.92 Å². The first kappa shape index (κ1) is 8.77. The molecule has 1 aliphatic heterocycles. The molecule has 0 saturated carbocycles. The molecule has 0 bridgehead atoms. The lowest BCUT2D eigenvalue weighted by Crippen LogP contribution is -2.15. The maximum absolute atomic E-state index is 10.8. The van der Waals surface area contributed by atoms with Gasteiger partial charge in [-0.2, -0.15) is 0 Å². The largest absolute Gasteiger partial charge is 0.425 e. The molecule has 0 radical (unpaired) electrons. The first-order valence-corrected chi connectivity index (χ1v) is 3.67. The second-order valence-electron chi connectivity index (χ2n) is 2.64. The Bertz CT molecular complexity index is 221. The van der Waals surface area contributed by atoms with Crippen molar-refractivity contribution in [3.8, 4) is 0 Å². The molecule has 4 nitrogen and oxygen atoms in total. The van der Waals surface area contributed by atoms with Crippen LogP contribution in [-0.2, 0) is 19.1 Å². The number of rotatable bonds is 2. The first-order chi connectivity index (χ1) is 5.63. The van der Waals surface area contributed by atoms with Crippen molar-refractivity contribution >= 4 is 11.9 Å². The highest BCUT2D eigenvalue weighted by atomic mass is 16.7. The molecule has 1 fully saturated rings. The molecule has 0 aromatic carbocycles. The zero-order chi connectivity index (χ0) is 9.14. The second-order valence-corrected chi connectivity index (χ2v) is 2.64. The fourth-order valence-electron chi connectivity index (χ4n) is 0.929. The van der Waals surface area contributed by atoms with E-state index in [-0.39, 0.29) is 11.9 Å². The standard InChI is InChI=1S/C8H10O4/c1-3-6(9)11-7-4-5(2)8(10)12-7/h3,5,7H,1,4H2,2H3. The van der Waals surface area contributed by atoms with Crippen LogP contribution in [0.15, 0.2) is 12.7 Å². The molecule has 2 unspecified atom stereocenters. The smallest absolute Gasteiger partial charge is 0.333 e. The molecule has 2 atom stereocenters. The van der Waals surface area contributed by atoms with Crippen molar-refractivity contribution in [1.82, 2.24) is 0 Å². The van der Waals surface area contributed by atoms with Crippen LogP contribution in [0.4, 0.5) is 0 Å². The molecule has 1 heterocycles. The molecule has 0 aromatic heterocycles. The number of cyclic esters (lactones) is 1. The van der Waals surface area contributed by atoms with Gasteiger partial charge in [-0.15, -0.1) is 0 Å². The topological polar surface area (TPSA) is 52.6 Å². The average Bonchev–Trinajstić information content (AvgIpc) is 2.31. The summed E-state index contributed by atoms with van der Waals surface area (Å²) in [6.45, 7) is 4.95. The quantitative estimate of drug-likeness (QED) is 0.450. The zero-order valence-corrected chi connectivity index (χ0v) is 6.78. The fraction of sp³-hybridized carbons (Fsp3) is 0.500. The number of carbonyl (C=O) groups excluding carboxylic acids is 2. The van der Waals surface area contributed by atoms with Crippen LogP contribution in [0.1, 0.15) is 13.3 Å². The molecule has 0 spiro atoms. The minimum Gasteiger partial charge on any atom is -0.425 e. The Morgan fingerprint density at radius 3 is 2.92 bits per heavy atom. The molecule has 1 saturated heterocycles. The summed E-state index contributed by atoms with van der Waals surface area (Å²) in [5.74, 6) is -1.08. The van der Waals surface area contributed by atoms with E-state index in [9.17, 15) is 9.59 Å². The van der Waals surface area contributed by atoms with Crippen molar-refractivity contribution in [2.45, 2.75) is 19.6 Å². The van der Waals surface area contributed by atoms with Crippen molar-refractivity contribution in [2.24, 2.45) is 5.92 Å². The molecule has 0 aromatic rings. The average molecular weight is 170 g/mol. The van der Waals surface area contributed by atoms with E-state index in [1.54, 1.807) is 6.92 Å². The van der Waals surface area contributed by atoms with Crippen LogP contribution in [-0.4, -0.2) is 18.2 Å². The summed E-state index contributed by atoms with van der Waals surface area (Å²) in [4.78, 5) is 21.5. The van der Waals surface area contributed by atoms with Gasteiger partial charge in [0, 0.05) is 12.5 Å². The predicted molar refractivity (Wildman–Crippen MR) is 40.0 cm³/mol. The van der Waals surface area contributed by atoms with Crippen molar-refractivity contribution in [3.63, 3.8) is 0 Å². The number of carbonyl (C=O) groups is 2. The van der Waals surface area contributed by atoms with E-state index < -0.39 is 12.3 Å². The Hall–Kier alpha value is -1.32. The summed E-state index contributed by atoms with van der Waals surface area (Å²) in [7, 11) is 0. The minimum absolute atomic E-state index is 0.187. The third-order valence-electron chi connectivity index (χ3n) is 1.61. The van der Waals surface area contributed by atoms with Gasteiger partial charge in [-0.05, 0) is 0 Å². The van der Waals surface area contributed by atoms with E-state index in [4.69, 9.17) is 9.47 Å². The summed E-state index contributed by atoms with van der Waals surface area (Å²) in [5.41, 5.74) is 0. The summed E-state index contributed by atoms with van der Waals surface area (Å²) in [6.07, 6.45) is 0.743. The van der Waals surface area contributed by atoms with Gasteiger partial charge in [-0.3, -0.25) is 4.79 Å². The van der Waals surface area contributed by atoms with Crippen LogP contribution >= 0.6 is 0 Å². The Labute approximate surface area is 70.1 Å². The number of ether oxygens (including phenoxy) is 2. The van der Waals surface area contributed by atoms with Gasteiger partial charge in [-0.25, -0.2) is 4.79 Å². The molecule has 0 aliphatic carbocycles. The van der Waals surface area contributed by atoms with Crippen molar-refractivity contribution in [3.05, 3.63) is 12.7 Å². The Morgan fingerprint density at radius 1 is 1.83 bits per heavy atom. The maximum atomic E-state index is 10.8. The van der Waals surface area contributed by atoms with E-state index in [1.807, 2.05) is 0 Å². The van der Waals surface area contributed by atoms with Gasteiger partial charge in [0.2, 0.25) is 6.29 Å². The van der Waals surface area contributed by atoms with Gasteiger partial charge in [-0.1, -0.05) is 13.5 Å². The minimum atomic E-state index is -0.724. The van der Waals surface area contributed by atoms with Crippen LogP contribution in [0.25, 0.3) is 0 Å². The van der Waals surface area contributed by atoms with Crippen LogP contribution in [0.3, 0.4) is 0 Å². The number of hydrogen-bond acceptors (Lipinski definition) is 4. The highest BCUT2D eigenvalue weighted by Crippen LogP contribution is 2.21. The molecule has 0 amide bonds. The van der Waals surface area contributed by atoms with Crippen molar-refractivity contribution in [2.75, 3.05) is 0 Å². The van der Waals surface area contributed by atoms with Gasteiger partial charge in [0.1, 0.15) is 0 Å². The van der Waals surface area contributed by atoms with Gasteiger partial charge in [0.15, 0.2) is 0 Å². The molecular formula is C8H10O4. The molecule has 66 valence electrons. The fourth-order valence-corrected chi connectivity index (χ4v) is 0.929. The van der Waals surface area contributed by atoms with E-state index in [0.29, 0.717) is 6.42 Å².